The minimum Gasteiger partial charge on any atom is -0.208 e. The van der Waals surface area contributed by atoms with Crippen LogP contribution in [-0.2, 0) is 10.0 Å². The van der Waals surface area contributed by atoms with Crippen LogP contribution in [0.15, 0.2) is 29.2 Å². The van der Waals surface area contributed by atoms with Gasteiger partial charge in [0, 0.05) is 6.04 Å². The molecule has 1 fully saturated rings. The zero-order valence-corrected chi connectivity index (χ0v) is 12.5. The molecule has 1 atom stereocenters. The topological polar surface area (TPSA) is 46.2 Å². The standard InChI is InChI=1S/C15H23NO2S/c1-12-8-10-15(11-9-12)19(17,18)16-13(2)14-6-4-3-5-7-14/h8-11,13-14,16H,3-7H2,1-2H3/t13-/m0/s1. The number of hydrogen-bond donors (Lipinski definition) is 1. The molecule has 1 N–H and O–H groups in total. The van der Waals surface area contributed by atoms with Gasteiger partial charge in [-0.25, -0.2) is 13.1 Å². The Hall–Kier alpha value is -0.870. The molecule has 3 nitrogen and oxygen atoms in total. The summed E-state index contributed by atoms with van der Waals surface area (Å²) in [5, 5.41) is 0. The van der Waals surface area contributed by atoms with E-state index in [2.05, 4.69) is 4.72 Å². The number of sulfonamides is 1. The van der Waals surface area contributed by atoms with Gasteiger partial charge in [0.1, 0.15) is 0 Å². The van der Waals surface area contributed by atoms with E-state index in [1.165, 1.54) is 19.3 Å². The van der Waals surface area contributed by atoms with E-state index in [0.29, 0.717) is 10.8 Å². The maximum atomic E-state index is 12.3. The summed E-state index contributed by atoms with van der Waals surface area (Å²) in [6.07, 6.45) is 6.01. The number of hydrogen-bond acceptors (Lipinski definition) is 2. The van der Waals surface area contributed by atoms with Gasteiger partial charge in [0.05, 0.1) is 4.90 Å². The van der Waals surface area contributed by atoms with Crippen LogP contribution < -0.4 is 4.72 Å². The molecule has 0 radical (unpaired) electrons. The van der Waals surface area contributed by atoms with Crippen LogP contribution in [0, 0.1) is 12.8 Å². The van der Waals surface area contributed by atoms with Crippen LogP contribution in [0.1, 0.15) is 44.6 Å². The van der Waals surface area contributed by atoms with Crippen molar-refractivity contribution in [3.8, 4) is 0 Å². The van der Waals surface area contributed by atoms with Gasteiger partial charge in [-0.3, -0.25) is 0 Å². The summed E-state index contributed by atoms with van der Waals surface area (Å²) in [6, 6.07) is 7.03. The highest BCUT2D eigenvalue weighted by molar-refractivity contribution is 7.89. The van der Waals surface area contributed by atoms with Crippen LogP contribution >= 0.6 is 0 Å². The minimum atomic E-state index is -3.38. The van der Waals surface area contributed by atoms with E-state index in [1.54, 1.807) is 12.1 Å². The monoisotopic (exact) mass is 281 g/mol. The summed E-state index contributed by atoms with van der Waals surface area (Å²) >= 11 is 0. The predicted molar refractivity (Wildman–Crippen MR) is 77.5 cm³/mol. The van der Waals surface area contributed by atoms with E-state index in [1.807, 2.05) is 26.0 Å². The van der Waals surface area contributed by atoms with Gasteiger partial charge < -0.3 is 0 Å². The summed E-state index contributed by atoms with van der Waals surface area (Å²) in [7, 11) is -3.38. The van der Waals surface area contributed by atoms with Crippen molar-refractivity contribution in [1.82, 2.24) is 4.72 Å². The van der Waals surface area contributed by atoms with Gasteiger partial charge in [-0.05, 0) is 44.7 Å². The number of rotatable bonds is 4. The lowest BCUT2D eigenvalue weighted by atomic mass is 9.85. The normalized spacial score (nSPS) is 19.3. The smallest absolute Gasteiger partial charge is 0.208 e. The average Bonchev–Trinajstić information content (AvgIpc) is 2.40. The Morgan fingerprint density at radius 2 is 1.68 bits per heavy atom. The summed E-state index contributed by atoms with van der Waals surface area (Å²) in [4.78, 5) is 0.362. The lowest BCUT2D eigenvalue weighted by Crippen LogP contribution is -2.38. The molecule has 0 saturated heterocycles. The van der Waals surface area contributed by atoms with Gasteiger partial charge in [-0.1, -0.05) is 37.0 Å². The number of aryl methyl sites for hydroxylation is 1. The molecule has 0 unspecified atom stereocenters. The molecule has 1 aliphatic rings. The fraction of sp³-hybridized carbons (Fsp3) is 0.600. The van der Waals surface area contributed by atoms with Gasteiger partial charge >= 0.3 is 0 Å². The molecular formula is C15H23NO2S. The first-order chi connectivity index (χ1) is 8.99. The molecule has 0 amide bonds. The largest absolute Gasteiger partial charge is 0.240 e. The second-order valence-electron chi connectivity index (χ2n) is 5.62. The van der Waals surface area contributed by atoms with Crippen LogP contribution in [0.4, 0.5) is 0 Å². The quantitative estimate of drug-likeness (QED) is 0.921. The van der Waals surface area contributed by atoms with E-state index in [-0.39, 0.29) is 6.04 Å². The molecule has 19 heavy (non-hydrogen) atoms. The molecule has 0 aromatic heterocycles. The summed E-state index contributed by atoms with van der Waals surface area (Å²) in [6.45, 7) is 3.94. The molecule has 0 spiro atoms. The van der Waals surface area contributed by atoms with Gasteiger partial charge in [-0.15, -0.1) is 0 Å². The molecule has 1 aromatic rings. The van der Waals surface area contributed by atoms with Gasteiger partial charge in [0.25, 0.3) is 0 Å². The highest BCUT2D eigenvalue weighted by Crippen LogP contribution is 2.27. The highest BCUT2D eigenvalue weighted by Gasteiger charge is 2.24. The summed E-state index contributed by atoms with van der Waals surface area (Å²) in [5.41, 5.74) is 1.07. The zero-order valence-electron chi connectivity index (χ0n) is 11.7. The molecule has 1 aliphatic carbocycles. The summed E-state index contributed by atoms with van der Waals surface area (Å²) < 4.78 is 27.4. The third-order valence-electron chi connectivity index (χ3n) is 4.03. The fourth-order valence-electron chi connectivity index (χ4n) is 2.76. The van der Waals surface area contributed by atoms with E-state index < -0.39 is 10.0 Å². The first kappa shape index (κ1) is 14.5. The van der Waals surface area contributed by atoms with Crippen LogP contribution in [0.5, 0.6) is 0 Å². The van der Waals surface area contributed by atoms with Crippen molar-refractivity contribution < 1.29 is 8.42 Å². The number of benzene rings is 1. The van der Waals surface area contributed by atoms with Gasteiger partial charge in [0.2, 0.25) is 10.0 Å². The van der Waals surface area contributed by atoms with Crippen molar-refractivity contribution in [2.24, 2.45) is 5.92 Å². The molecule has 0 aliphatic heterocycles. The predicted octanol–water partition coefficient (Wildman–Crippen LogP) is 3.24. The van der Waals surface area contributed by atoms with Crippen molar-refractivity contribution in [3.63, 3.8) is 0 Å². The van der Waals surface area contributed by atoms with Crippen LogP contribution in [0.3, 0.4) is 0 Å². The minimum absolute atomic E-state index is 0.0200. The Kier molecular flexibility index (Phi) is 4.63. The van der Waals surface area contributed by atoms with Gasteiger partial charge in [-0.2, -0.15) is 0 Å². The Morgan fingerprint density at radius 1 is 1.11 bits per heavy atom. The fourth-order valence-corrected chi connectivity index (χ4v) is 4.07. The molecule has 0 heterocycles. The van der Waals surface area contributed by atoms with E-state index >= 15 is 0 Å². The number of nitrogens with one attached hydrogen (secondary N) is 1. The third kappa shape index (κ3) is 3.80. The first-order valence-corrected chi connectivity index (χ1v) is 8.56. The highest BCUT2D eigenvalue weighted by atomic mass is 32.2. The van der Waals surface area contributed by atoms with Crippen molar-refractivity contribution in [3.05, 3.63) is 29.8 Å². The first-order valence-electron chi connectivity index (χ1n) is 7.08. The second kappa shape index (κ2) is 6.06. The van der Waals surface area contributed by atoms with Crippen molar-refractivity contribution >= 4 is 10.0 Å². The Labute approximate surface area is 116 Å². The Balaban J connectivity index is 2.05. The van der Waals surface area contributed by atoms with Crippen molar-refractivity contribution in [2.75, 3.05) is 0 Å². The average molecular weight is 281 g/mol. The van der Waals surface area contributed by atoms with Crippen molar-refractivity contribution in [1.29, 1.82) is 0 Å². The van der Waals surface area contributed by atoms with Crippen LogP contribution in [0.2, 0.25) is 0 Å². The Bertz CT molecular complexity index is 501. The lowest BCUT2D eigenvalue weighted by molar-refractivity contribution is 0.303. The van der Waals surface area contributed by atoms with E-state index in [4.69, 9.17) is 0 Å². The maximum Gasteiger partial charge on any atom is 0.240 e. The van der Waals surface area contributed by atoms with Crippen molar-refractivity contribution in [2.45, 2.75) is 56.9 Å². The Morgan fingerprint density at radius 3 is 2.26 bits per heavy atom. The zero-order chi connectivity index (χ0) is 13.9. The molecule has 0 bridgehead atoms. The molecule has 1 aromatic carbocycles. The molecule has 2 rings (SSSR count). The molecule has 106 valence electrons. The molecular weight excluding hydrogens is 258 g/mol. The van der Waals surface area contributed by atoms with E-state index in [0.717, 1.165) is 18.4 Å². The SMILES string of the molecule is Cc1ccc(S(=O)(=O)N[C@@H](C)C2CCCCC2)cc1. The van der Waals surface area contributed by atoms with Crippen LogP contribution in [-0.4, -0.2) is 14.5 Å². The molecule has 4 heteroatoms. The summed E-state index contributed by atoms with van der Waals surface area (Å²) in [5.74, 6) is 0.481. The molecule has 1 saturated carbocycles. The second-order valence-corrected chi connectivity index (χ2v) is 7.34. The van der Waals surface area contributed by atoms with E-state index in [9.17, 15) is 8.42 Å². The maximum absolute atomic E-state index is 12.3. The van der Waals surface area contributed by atoms with Gasteiger partial charge in [0.15, 0.2) is 0 Å². The van der Waals surface area contributed by atoms with Crippen LogP contribution in [0.25, 0.3) is 0 Å². The lowest BCUT2D eigenvalue weighted by Gasteiger charge is -2.28. The third-order valence-corrected chi connectivity index (χ3v) is 5.60.